The van der Waals surface area contributed by atoms with E-state index in [4.69, 9.17) is 0 Å². The van der Waals surface area contributed by atoms with Gasteiger partial charge in [-0.15, -0.1) is 0 Å². The molecule has 0 atom stereocenters. The molecule has 2 aromatic rings. The maximum Gasteiger partial charge on any atom is 0.259 e. The van der Waals surface area contributed by atoms with Crippen LogP contribution in [0.2, 0.25) is 0 Å². The molecule has 126 valence electrons. The Morgan fingerprint density at radius 1 is 1.04 bits per heavy atom. The van der Waals surface area contributed by atoms with Crippen LogP contribution in [0.25, 0.3) is 0 Å². The van der Waals surface area contributed by atoms with Gasteiger partial charge in [-0.2, -0.15) is 0 Å². The molecular weight excluding hydrogens is 302 g/mol. The van der Waals surface area contributed by atoms with Gasteiger partial charge < -0.3 is 20.2 Å². The molecule has 2 aromatic carbocycles. The van der Waals surface area contributed by atoms with Gasteiger partial charge in [-0.1, -0.05) is 19.1 Å². The number of benzene rings is 2. The number of rotatable bonds is 4. The van der Waals surface area contributed by atoms with Crippen LogP contribution in [0, 0.1) is 0 Å². The first-order valence-corrected chi connectivity index (χ1v) is 8.34. The number of phenolic OH excluding ortho intramolecular Hbond substituents is 1. The SMILES string of the molecule is CCN1CCN(c2ccc(NC(=O)c3ccccc3O)cc2)CC1. The van der Waals surface area contributed by atoms with Crippen molar-refractivity contribution in [3.05, 3.63) is 54.1 Å². The fourth-order valence-corrected chi connectivity index (χ4v) is 2.94. The average molecular weight is 325 g/mol. The number of piperazine rings is 1. The van der Waals surface area contributed by atoms with Crippen molar-refractivity contribution in [1.29, 1.82) is 0 Å². The predicted octanol–water partition coefficient (Wildman–Crippen LogP) is 2.79. The summed E-state index contributed by atoms with van der Waals surface area (Å²) in [5.41, 5.74) is 2.17. The number of carbonyl (C=O) groups excluding carboxylic acids is 1. The summed E-state index contributed by atoms with van der Waals surface area (Å²) in [6.45, 7) is 7.52. The summed E-state index contributed by atoms with van der Waals surface area (Å²) >= 11 is 0. The number of nitrogens with one attached hydrogen (secondary N) is 1. The third-order valence-electron chi connectivity index (χ3n) is 4.46. The molecule has 1 amide bonds. The monoisotopic (exact) mass is 325 g/mol. The molecule has 1 fully saturated rings. The zero-order chi connectivity index (χ0) is 16.9. The van der Waals surface area contributed by atoms with Crippen LogP contribution in [0.3, 0.4) is 0 Å². The molecule has 0 unspecified atom stereocenters. The minimum absolute atomic E-state index is 0.0135. The molecule has 2 N–H and O–H groups in total. The number of amides is 1. The molecule has 0 radical (unpaired) electrons. The fraction of sp³-hybridized carbons (Fsp3) is 0.316. The first-order valence-electron chi connectivity index (χ1n) is 8.34. The van der Waals surface area contributed by atoms with Crippen LogP contribution in [0.1, 0.15) is 17.3 Å². The quantitative estimate of drug-likeness (QED) is 0.907. The van der Waals surface area contributed by atoms with Crippen LogP contribution in [-0.2, 0) is 0 Å². The van der Waals surface area contributed by atoms with Crippen LogP contribution >= 0.6 is 0 Å². The number of para-hydroxylation sites is 1. The second-order valence-corrected chi connectivity index (χ2v) is 5.94. The Bertz CT molecular complexity index is 692. The van der Waals surface area contributed by atoms with Crippen LogP contribution in [-0.4, -0.2) is 48.6 Å². The molecule has 24 heavy (non-hydrogen) atoms. The van der Waals surface area contributed by atoms with E-state index < -0.39 is 0 Å². The lowest BCUT2D eigenvalue weighted by molar-refractivity contribution is 0.102. The van der Waals surface area contributed by atoms with Crippen molar-refractivity contribution in [1.82, 2.24) is 4.90 Å². The Labute approximate surface area is 142 Å². The van der Waals surface area contributed by atoms with Gasteiger partial charge in [0.05, 0.1) is 5.56 Å². The molecule has 0 saturated carbocycles. The first kappa shape index (κ1) is 16.3. The summed E-state index contributed by atoms with van der Waals surface area (Å²) in [6, 6.07) is 14.4. The number of aromatic hydroxyl groups is 1. The van der Waals surface area contributed by atoms with Gasteiger partial charge in [0.15, 0.2) is 0 Å². The topological polar surface area (TPSA) is 55.8 Å². The summed E-state index contributed by atoms with van der Waals surface area (Å²) < 4.78 is 0. The van der Waals surface area contributed by atoms with E-state index in [9.17, 15) is 9.90 Å². The fourth-order valence-electron chi connectivity index (χ4n) is 2.94. The highest BCUT2D eigenvalue weighted by atomic mass is 16.3. The maximum atomic E-state index is 12.2. The Morgan fingerprint density at radius 2 is 1.71 bits per heavy atom. The Kier molecular flexibility index (Phi) is 5.01. The lowest BCUT2D eigenvalue weighted by Gasteiger charge is -2.35. The van der Waals surface area contributed by atoms with Gasteiger partial charge in [0.2, 0.25) is 0 Å². The number of anilines is 2. The van der Waals surface area contributed by atoms with Crippen molar-refractivity contribution in [2.24, 2.45) is 0 Å². The second-order valence-electron chi connectivity index (χ2n) is 5.94. The third-order valence-corrected chi connectivity index (χ3v) is 4.46. The molecular formula is C19H23N3O2. The lowest BCUT2D eigenvalue weighted by atomic mass is 10.1. The van der Waals surface area contributed by atoms with Crippen molar-refractivity contribution in [3.63, 3.8) is 0 Å². The summed E-state index contributed by atoms with van der Waals surface area (Å²) in [4.78, 5) is 17.0. The molecule has 1 aliphatic heterocycles. The van der Waals surface area contributed by atoms with E-state index in [1.54, 1.807) is 18.2 Å². The summed E-state index contributed by atoms with van der Waals surface area (Å²) in [5.74, 6) is -0.321. The number of nitrogens with zero attached hydrogens (tertiary/aromatic N) is 2. The van der Waals surface area contributed by atoms with Crippen molar-refractivity contribution < 1.29 is 9.90 Å². The molecule has 1 saturated heterocycles. The van der Waals surface area contributed by atoms with Crippen molar-refractivity contribution in [3.8, 4) is 5.75 Å². The summed E-state index contributed by atoms with van der Waals surface area (Å²) in [5, 5.41) is 12.6. The zero-order valence-electron chi connectivity index (χ0n) is 13.9. The van der Waals surface area contributed by atoms with Gasteiger partial charge in [-0.3, -0.25) is 4.79 Å². The van der Waals surface area contributed by atoms with E-state index in [-0.39, 0.29) is 17.2 Å². The molecule has 5 heteroatoms. The van der Waals surface area contributed by atoms with E-state index in [0.717, 1.165) is 38.4 Å². The molecule has 1 heterocycles. The lowest BCUT2D eigenvalue weighted by Crippen LogP contribution is -2.46. The maximum absolute atomic E-state index is 12.2. The average Bonchev–Trinajstić information content (AvgIpc) is 2.63. The van der Waals surface area contributed by atoms with E-state index in [2.05, 4.69) is 22.0 Å². The van der Waals surface area contributed by atoms with Crippen molar-refractivity contribution in [2.75, 3.05) is 42.9 Å². The highest BCUT2D eigenvalue weighted by Crippen LogP contribution is 2.21. The number of hydrogen-bond donors (Lipinski definition) is 2. The number of hydrogen-bond acceptors (Lipinski definition) is 4. The van der Waals surface area contributed by atoms with Crippen LogP contribution < -0.4 is 10.2 Å². The largest absolute Gasteiger partial charge is 0.507 e. The van der Waals surface area contributed by atoms with E-state index in [0.29, 0.717) is 0 Å². The van der Waals surface area contributed by atoms with E-state index >= 15 is 0 Å². The molecule has 5 nitrogen and oxygen atoms in total. The van der Waals surface area contributed by atoms with Gasteiger partial charge in [0, 0.05) is 37.6 Å². The standard InChI is InChI=1S/C19H23N3O2/c1-2-21-11-13-22(14-12-21)16-9-7-15(8-10-16)20-19(24)17-5-3-4-6-18(17)23/h3-10,23H,2,11-14H2,1H3,(H,20,24). The van der Waals surface area contributed by atoms with Gasteiger partial charge in [-0.25, -0.2) is 0 Å². The minimum Gasteiger partial charge on any atom is -0.507 e. The van der Waals surface area contributed by atoms with Gasteiger partial charge in [0.1, 0.15) is 5.75 Å². The molecule has 0 bridgehead atoms. The number of phenols is 1. The molecule has 0 aliphatic carbocycles. The van der Waals surface area contributed by atoms with E-state index in [1.165, 1.54) is 11.8 Å². The summed E-state index contributed by atoms with van der Waals surface area (Å²) in [6.07, 6.45) is 0. The molecule has 0 spiro atoms. The van der Waals surface area contributed by atoms with Crippen LogP contribution in [0.5, 0.6) is 5.75 Å². The predicted molar refractivity (Wildman–Crippen MR) is 96.8 cm³/mol. The van der Waals surface area contributed by atoms with Crippen molar-refractivity contribution >= 4 is 17.3 Å². The van der Waals surface area contributed by atoms with Gasteiger partial charge >= 0.3 is 0 Å². The number of carbonyl (C=O) groups is 1. The van der Waals surface area contributed by atoms with Gasteiger partial charge in [-0.05, 0) is 42.9 Å². The van der Waals surface area contributed by atoms with Crippen LogP contribution in [0.4, 0.5) is 11.4 Å². The highest BCUT2D eigenvalue weighted by molar-refractivity contribution is 6.06. The Hall–Kier alpha value is -2.53. The zero-order valence-corrected chi connectivity index (χ0v) is 13.9. The van der Waals surface area contributed by atoms with E-state index in [1.807, 2.05) is 24.3 Å². The normalized spacial score (nSPS) is 15.3. The molecule has 0 aromatic heterocycles. The minimum atomic E-state index is -0.308. The van der Waals surface area contributed by atoms with Gasteiger partial charge in [0.25, 0.3) is 5.91 Å². The smallest absolute Gasteiger partial charge is 0.259 e. The van der Waals surface area contributed by atoms with Crippen molar-refractivity contribution in [2.45, 2.75) is 6.92 Å². The van der Waals surface area contributed by atoms with Crippen LogP contribution in [0.15, 0.2) is 48.5 Å². The highest BCUT2D eigenvalue weighted by Gasteiger charge is 2.16. The summed E-state index contributed by atoms with van der Waals surface area (Å²) in [7, 11) is 0. The number of likely N-dealkylation sites (N-methyl/N-ethyl adjacent to an activating group) is 1. The Morgan fingerprint density at radius 3 is 2.33 bits per heavy atom. The first-order chi connectivity index (χ1) is 11.7. The second kappa shape index (κ2) is 7.36. The Balaban J connectivity index is 1.63. The molecule has 3 rings (SSSR count). The molecule has 1 aliphatic rings. The third kappa shape index (κ3) is 3.68.